The van der Waals surface area contributed by atoms with Crippen molar-refractivity contribution in [2.75, 3.05) is 13.2 Å². The highest BCUT2D eigenvalue weighted by atomic mass is 16.6. The van der Waals surface area contributed by atoms with Gasteiger partial charge >= 0.3 is 17.9 Å². The molecule has 0 aliphatic rings. The summed E-state index contributed by atoms with van der Waals surface area (Å²) in [5, 5.41) is 0. The fraction of sp³-hybridized carbons (Fsp3) is 0.952. The molecule has 0 aliphatic heterocycles. The molecule has 0 aliphatic carbocycles. The predicted octanol–water partition coefficient (Wildman–Crippen LogP) is 20.4. The van der Waals surface area contributed by atoms with E-state index >= 15 is 0 Å². The zero-order chi connectivity index (χ0) is 49.6. The molecule has 0 unspecified atom stereocenters. The van der Waals surface area contributed by atoms with Gasteiger partial charge in [-0.25, -0.2) is 0 Å². The van der Waals surface area contributed by atoms with E-state index in [0.29, 0.717) is 19.3 Å². The molecule has 0 radical (unpaired) electrons. The van der Waals surface area contributed by atoms with Crippen LogP contribution in [-0.2, 0) is 28.6 Å². The summed E-state index contributed by atoms with van der Waals surface area (Å²) in [5.74, 6) is 0.851. The van der Waals surface area contributed by atoms with Gasteiger partial charge in [-0.2, -0.15) is 0 Å². The molecule has 1 atom stereocenters. The fourth-order valence-corrected chi connectivity index (χ4v) is 9.58. The van der Waals surface area contributed by atoms with Gasteiger partial charge in [0.2, 0.25) is 0 Å². The summed E-state index contributed by atoms with van der Waals surface area (Å²) < 4.78 is 16.9. The molecular weight excluding hydrogens is 841 g/mol. The smallest absolute Gasteiger partial charge is 0.306 e. The monoisotopic (exact) mass is 961 g/mol. The maximum Gasteiger partial charge on any atom is 0.306 e. The van der Waals surface area contributed by atoms with Gasteiger partial charge in [0.1, 0.15) is 13.2 Å². The lowest BCUT2D eigenvalue weighted by Gasteiger charge is -2.18. The van der Waals surface area contributed by atoms with Crippen LogP contribution in [0.3, 0.4) is 0 Å². The molecule has 404 valence electrons. The van der Waals surface area contributed by atoms with Crippen LogP contribution >= 0.6 is 0 Å². The highest BCUT2D eigenvalue weighted by molar-refractivity contribution is 5.71. The molecule has 0 aromatic rings. The summed E-state index contributed by atoms with van der Waals surface area (Å²) in [4.78, 5) is 38.2. The van der Waals surface area contributed by atoms with Crippen LogP contribution in [0.15, 0.2) is 0 Å². The van der Waals surface area contributed by atoms with Crippen LogP contribution in [0, 0.1) is 11.8 Å². The average molecular weight is 962 g/mol. The molecule has 0 spiro atoms. The number of esters is 3. The molecule has 0 N–H and O–H groups in total. The van der Waals surface area contributed by atoms with Crippen LogP contribution in [0.4, 0.5) is 0 Å². The highest BCUT2D eigenvalue weighted by Crippen LogP contribution is 2.19. The van der Waals surface area contributed by atoms with Crippen LogP contribution in [0.2, 0.25) is 0 Å². The van der Waals surface area contributed by atoms with E-state index in [1.165, 1.54) is 238 Å². The first kappa shape index (κ1) is 66.4. The number of rotatable bonds is 56. The molecule has 68 heavy (non-hydrogen) atoms. The zero-order valence-electron chi connectivity index (χ0n) is 46.7. The van der Waals surface area contributed by atoms with Crippen LogP contribution in [0.1, 0.15) is 349 Å². The molecule has 0 amide bonds. The number of hydrogen-bond acceptors (Lipinski definition) is 6. The molecule has 0 fully saturated rings. The number of hydrogen-bond donors (Lipinski definition) is 0. The third kappa shape index (κ3) is 55.3. The number of carbonyl (C=O) groups is 3. The largest absolute Gasteiger partial charge is 0.462 e. The molecule has 0 heterocycles. The second-order valence-corrected chi connectivity index (χ2v) is 22.3. The highest BCUT2D eigenvalue weighted by Gasteiger charge is 2.19. The van der Waals surface area contributed by atoms with Crippen molar-refractivity contribution in [2.45, 2.75) is 355 Å². The fourth-order valence-electron chi connectivity index (χ4n) is 9.58. The SMILES string of the molecule is CCCCCCCCCCCCCCCCCC(=O)O[C@@H](COC(=O)CCCCCCCCCCCCCCCCCCCCC(C)C)COC(=O)CCCCCCCCCCCCCC(C)C. The van der Waals surface area contributed by atoms with Gasteiger partial charge in [0, 0.05) is 19.3 Å². The van der Waals surface area contributed by atoms with Gasteiger partial charge in [-0.1, -0.05) is 311 Å². The summed E-state index contributed by atoms with van der Waals surface area (Å²) in [6.07, 6.45) is 59.6. The molecule has 0 bridgehead atoms. The van der Waals surface area contributed by atoms with E-state index in [0.717, 1.165) is 69.6 Å². The Balaban J connectivity index is 4.25. The first-order valence-corrected chi connectivity index (χ1v) is 30.7. The Morgan fingerprint density at radius 2 is 0.485 bits per heavy atom. The van der Waals surface area contributed by atoms with E-state index in [9.17, 15) is 14.4 Å². The average Bonchev–Trinajstić information content (AvgIpc) is 3.31. The van der Waals surface area contributed by atoms with Gasteiger partial charge in [0.15, 0.2) is 6.10 Å². The molecule has 0 saturated heterocycles. The van der Waals surface area contributed by atoms with Gasteiger partial charge in [-0.3, -0.25) is 14.4 Å². The van der Waals surface area contributed by atoms with Gasteiger partial charge in [0.25, 0.3) is 0 Å². The molecule has 6 heteroatoms. The molecule has 0 aromatic carbocycles. The Morgan fingerprint density at radius 1 is 0.279 bits per heavy atom. The Hall–Kier alpha value is -1.59. The maximum atomic E-state index is 12.9. The van der Waals surface area contributed by atoms with Crippen LogP contribution in [-0.4, -0.2) is 37.2 Å². The van der Waals surface area contributed by atoms with Crippen LogP contribution in [0.25, 0.3) is 0 Å². The van der Waals surface area contributed by atoms with Crippen molar-refractivity contribution in [3.05, 3.63) is 0 Å². The minimum absolute atomic E-state index is 0.0622. The second kappa shape index (κ2) is 54.7. The van der Waals surface area contributed by atoms with Gasteiger partial charge < -0.3 is 14.2 Å². The third-order valence-electron chi connectivity index (χ3n) is 14.2. The van der Waals surface area contributed by atoms with Crippen LogP contribution < -0.4 is 0 Å². The molecule has 0 rings (SSSR count). The van der Waals surface area contributed by atoms with E-state index in [-0.39, 0.29) is 31.1 Å². The minimum Gasteiger partial charge on any atom is -0.462 e. The zero-order valence-corrected chi connectivity index (χ0v) is 46.7. The number of carbonyl (C=O) groups excluding carboxylic acids is 3. The molecule has 0 saturated carbocycles. The van der Waals surface area contributed by atoms with E-state index < -0.39 is 6.10 Å². The quantitative estimate of drug-likeness (QED) is 0.0343. The Labute approximate surface area is 425 Å². The van der Waals surface area contributed by atoms with Crippen molar-refractivity contribution in [1.82, 2.24) is 0 Å². The van der Waals surface area contributed by atoms with Gasteiger partial charge in [-0.15, -0.1) is 0 Å². The standard InChI is InChI=1S/C62H120O6/c1-6-7-8-9-10-11-12-13-18-23-28-34-39-44-49-54-62(65)68-59(56-67-61(64)53-48-43-38-33-29-24-26-31-36-41-46-51-58(4)5)55-66-60(63)52-47-42-37-32-27-22-20-17-15-14-16-19-21-25-30-35-40-45-50-57(2)3/h57-59H,6-56H2,1-5H3/t59-/m0/s1. The van der Waals surface area contributed by atoms with Gasteiger partial charge in [0.05, 0.1) is 0 Å². The Morgan fingerprint density at radius 3 is 0.721 bits per heavy atom. The molecule has 6 nitrogen and oxygen atoms in total. The van der Waals surface area contributed by atoms with E-state index in [4.69, 9.17) is 14.2 Å². The second-order valence-electron chi connectivity index (χ2n) is 22.3. The van der Waals surface area contributed by atoms with Crippen molar-refractivity contribution in [2.24, 2.45) is 11.8 Å². The first-order chi connectivity index (χ1) is 33.2. The first-order valence-electron chi connectivity index (χ1n) is 30.7. The van der Waals surface area contributed by atoms with Crippen molar-refractivity contribution in [3.63, 3.8) is 0 Å². The summed E-state index contributed by atoms with van der Waals surface area (Å²) in [6, 6.07) is 0. The van der Waals surface area contributed by atoms with Gasteiger partial charge in [-0.05, 0) is 31.1 Å². The number of ether oxygens (including phenoxy) is 3. The Bertz CT molecular complexity index is 1040. The maximum absolute atomic E-state index is 12.9. The third-order valence-corrected chi connectivity index (χ3v) is 14.2. The lowest BCUT2D eigenvalue weighted by molar-refractivity contribution is -0.167. The van der Waals surface area contributed by atoms with E-state index in [2.05, 4.69) is 34.6 Å². The van der Waals surface area contributed by atoms with Crippen molar-refractivity contribution >= 4 is 17.9 Å². The molecule has 0 aromatic heterocycles. The summed E-state index contributed by atoms with van der Waals surface area (Å²) in [6.45, 7) is 11.4. The lowest BCUT2D eigenvalue weighted by Crippen LogP contribution is -2.30. The van der Waals surface area contributed by atoms with Crippen molar-refractivity contribution in [3.8, 4) is 0 Å². The lowest BCUT2D eigenvalue weighted by atomic mass is 10.0. The van der Waals surface area contributed by atoms with Crippen molar-refractivity contribution < 1.29 is 28.6 Å². The topological polar surface area (TPSA) is 78.9 Å². The van der Waals surface area contributed by atoms with Crippen molar-refractivity contribution in [1.29, 1.82) is 0 Å². The summed E-state index contributed by atoms with van der Waals surface area (Å²) in [7, 11) is 0. The van der Waals surface area contributed by atoms with E-state index in [1.54, 1.807) is 0 Å². The Kier molecular flexibility index (Phi) is 53.5. The minimum atomic E-state index is -0.763. The normalized spacial score (nSPS) is 12.0. The summed E-state index contributed by atoms with van der Waals surface area (Å²) >= 11 is 0. The van der Waals surface area contributed by atoms with Crippen LogP contribution in [0.5, 0.6) is 0 Å². The predicted molar refractivity (Wildman–Crippen MR) is 293 cm³/mol. The molecular formula is C62H120O6. The summed E-state index contributed by atoms with van der Waals surface area (Å²) in [5.41, 5.74) is 0. The van der Waals surface area contributed by atoms with E-state index in [1.807, 2.05) is 0 Å². The number of unbranched alkanes of at least 4 members (excludes halogenated alkanes) is 41.